The van der Waals surface area contributed by atoms with Crippen molar-refractivity contribution in [1.29, 1.82) is 0 Å². The van der Waals surface area contributed by atoms with Crippen LogP contribution < -0.4 is 14.8 Å². The second kappa shape index (κ2) is 6.59. The van der Waals surface area contributed by atoms with Crippen molar-refractivity contribution in [2.45, 2.75) is 13.5 Å². The van der Waals surface area contributed by atoms with Crippen molar-refractivity contribution in [3.05, 3.63) is 46.5 Å². The van der Waals surface area contributed by atoms with E-state index < -0.39 is 0 Å². The van der Waals surface area contributed by atoms with Crippen molar-refractivity contribution < 1.29 is 14.6 Å². The first kappa shape index (κ1) is 15.3. The minimum Gasteiger partial charge on any atom is -0.506 e. The van der Waals surface area contributed by atoms with E-state index in [1.165, 1.54) is 0 Å². The Labute approximate surface area is 129 Å². The molecule has 112 valence electrons. The molecule has 0 aliphatic rings. The van der Waals surface area contributed by atoms with Gasteiger partial charge < -0.3 is 19.9 Å². The van der Waals surface area contributed by atoms with E-state index in [4.69, 9.17) is 21.1 Å². The Kier molecular flexibility index (Phi) is 4.81. The van der Waals surface area contributed by atoms with Gasteiger partial charge in [0.1, 0.15) is 5.75 Å². The zero-order chi connectivity index (χ0) is 15.4. The van der Waals surface area contributed by atoms with Crippen LogP contribution in [0.2, 0.25) is 5.02 Å². The highest BCUT2D eigenvalue weighted by Gasteiger charge is 2.08. The first-order chi connectivity index (χ1) is 10.0. The monoisotopic (exact) mass is 307 g/mol. The van der Waals surface area contributed by atoms with E-state index in [1.807, 2.05) is 25.1 Å². The molecule has 0 unspecified atom stereocenters. The van der Waals surface area contributed by atoms with Gasteiger partial charge in [0, 0.05) is 18.3 Å². The van der Waals surface area contributed by atoms with Crippen LogP contribution in [0.15, 0.2) is 30.3 Å². The van der Waals surface area contributed by atoms with E-state index in [1.54, 1.807) is 26.4 Å². The average Bonchev–Trinajstić information content (AvgIpc) is 2.49. The van der Waals surface area contributed by atoms with Crippen LogP contribution in [0.1, 0.15) is 11.1 Å². The number of methoxy groups -OCH3 is 2. The molecule has 2 rings (SSSR count). The third-order valence-electron chi connectivity index (χ3n) is 3.23. The molecule has 0 atom stereocenters. The number of phenols is 1. The van der Waals surface area contributed by atoms with Crippen LogP contribution in [-0.2, 0) is 6.54 Å². The van der Waals surface area contributed by atoms with Crippen LogP contribution in [-0.4, -0.2) is 19.3 Å². The SMILES string of the molecule is COc1cc(C)c(NCc2ccc(O)c(Cl)c2)cc1OC. The molecule has 0 heterocycles. The number of hydrogen-bond acceptors (Lipinski definition) is 4. The molecule has 0 aliphatic carbocycles. The summed E-state index contributed by atoms with van der Waals surface area (Å²) in [6.07, 6.45) is 0. The van der Waals surface area contributed by atoms with Gasteiger partial charge in [-0.05, 0) is 36.2 Å². The lowest BCUT2D eigenvalue weighted by Crippen LogP contribution is -2.02. The fourth-order valence-electron chi connectivity index (χ4n) is 2.03. The summed E-state index contributed by atoms with van der Waals surface area (Å²) < 4.78 is 10.6. The molecule has 0 saturated heterocycles. The Bertz CT molecular complexity index is 644. The molecule has 0 spiro atoms. The van der Waals surface area contributed by atoms with Crippen molar-refractivity contribution in [2.24, 2.45) is 0 Å². The van der Waals surface area contributed by atoms with Crippen LogP contribution >= 0.6 is 11.6 Å². The van der Waals surface area contributed by atoms with Gasteiger partial charge in [0.2, 0.25) is 0 Å². The minimum absolute atomic E-state index is 0.0858. The van der Waals surface area contributed by atoms with Crippen LogP contribution in [0.25, 0.3) is 0 Å². The lowest BCUT2D eigenvalue weighted by molar-refractivity contribution is 0.355. The van der Waals surface area contributed by atoms with Gasteiger partial charge in [-0.15, -0.1) is 0 Å². The highest BCUT2D eigenvalue weighted by atomic mass is 35.5. The number of anilines is 1. The van der Waals surface area contributed by atoms with Crippen molar-refractivity contribution >= 4 is 17.3 Å². The van der Waals surface area contributed by atoms with E-state index in [2.05, 4.69) is 5.32 Å². The Morgan fingerprint density at radius 2 is 1.76 bits per heavy atom. The maximum Gasteiger partial charge on any atom is 0.162 e. The summed E-state index contributed by atoms with van der Waals surface area (Å²) >= 11 is 5.90. The quantitative estimate of drug-likeness (QED) is 0.877. The predicted octanol–water partition coefficient (Wildman–Crippen LogP) is 3.98. The third kappa shape index (κ3) is 3.52. The highest BCUT2D eigenvalue weighted by Crippen LogP contribution is 2.33. The summed E-state index contributed by atoms with van der Waals surface area (Å²) in [7, 11) is 3.22. The maximum atomic E-state index is 9.42. The molecule has 0 radical (unpaired) electrons. The number of aromatic hydroxyl groups is 1. The summed E-state index contributed by atoms with van der Waals surface area (Å²) in [5.41, 5.74) is 2.99. The number of aryl methyl sites for hydroxylation is 1. The first-order valence-electron chi connectivity index (χ1n) is 6.49. The van der Waals surface area contributed by atoms with Crippen LogP contribution in [0.3, 0.4) is 0 Å². The lowest BCUT2D eigenvalue weighted by Gasteiger charge is -2.14. The molecular formula is C16H18ClNO3. The molecular weight excluding hydrogens is 290 g/mol. The fraction of sp³-hybridized carbons (Fsp3) is 0.250. The van der Waals surface area contributed by atoms with E-state index in [-0.39, 0.29) is 5.75 Å². The molecule has 2 aromatic rings. The second-order valence-corrected chi connectivity index (χ2v) is 5.07. The van der Waals surface area contributed by atoms with E-state index in [0.717, 1.165) is 16.8 Å². The summed E-state index contributed by atoms with van der Waals surface area (Å²) in [5, 5.41) is 13.1. The van der Waals surface area contributed by atoms with E-state index in [9.17, 15) is 5.11 Å². The van der Waals surface area contributed by atoms with Gasteiger partial charge in [0.05, 0.1) is 19.2 Å². The Hall–Kier alpha value is -2.07. The normalized spacial score (nSPS) is 10.3. The number of nitrogens with one attached hydrogen (secondary N) is 1. The van der Waals surface area contributed by atoms with Gasteiger partial charge in [0.15, 0.2) is 11.5 Å². The van der Waals surface area contributed by atoms with Crippen molar-refractivity contribution in [3.63, 3.8) is 0 Å². The number of rotatable bonds is 5. The maximum absolute atomic E-state index is 9.42. The zero-order valence-electron chi connectivity index (χ0n) is 12.2. The standard InChI is InChI=1S/C16H18ClNO3/c1-10-6-15(20-2)16(21-3)8-13(10)18-9-11-4-5-14(19)12(17)7-11/h4-8,18-19H,9H2,1-3H3. The smallest absolute Gasteiger partial charge is 0.162 e. The summed E-state index contributed by atoms with van der Waals surface area (Å²) in [6.45, 7) is 2.59. The van der Waals surface area contributed by atoms with Crippen molar-refractivity contribution in [2.75, 3.05) is 19.5 Å². The molecule has 0 aromatic heterocycles. The largest absolute Gasteiger partial charge is 0.506 e. The summed E-state index contributed by atoms with van der Waals surface area (Å²) in [6, 6.07) is 8.96. The van der Waals surface area contributed by atoms with Gasteiger partial charge in [-0.3, -0.25) is 0 Å². The lowest BCUT2D eigenvalue weighted by atomic mass is 10.1. The molecule has 5 heteroatoms. The van der Waals surface area contributed by atoms with Crippen LogP contribution in [0, 0.1) is 6.92 Å². The number of benzene rings is 2. The van der Waals surface area contributed by atoms with Crippen molar-refractivity contribution in [1.82, 2.24) is 0 Å². The zero-order valence-corrected chi connectivity index (χ0v) is 13.0. The average molecular weight is 308 g/mol. The van der Waals surface area contributed by atoms with E-state index >= 15 is 0 Å². The van der Waals surface area contributed by atoms with Gasteiger partial charge in [-0.1, -0.05) is 17.7 Å². The minimum atomic E-state index is 0.0858. The number of phenolic OH excluding ortho intramolecular Hbond substituents is 1. The first-order valence-corrected chi connectivity index (χ1v) is 6.87. The molecule has 0 fully saturated rings. The number of ether oxygens (including phenoxy) is 2. The van der Waals surface area contributed by atoms with Gasteiger partial charge >= 0.3 is 0 Å². The highest BCUT2D eigenvalue weighted by molar-refractivity contribution is 6.32. The number of hydrogen-bond donors (Lipinski definition) is 2. The molecule has 4 nitrogen and oxygen atoms in total. The van der Waals surface area contributed by atoms with Crippen LogP contribution in [0.4, 0.5) is 5.69 Å². The number of halogens is 1. The molecule has 0 bridgehead atoms. The summed E-state index contributed by atoms with van der Waals surface area (Å²) in [5.74, 6) is 1.46. The predicted molar refractivity (Wildman–Crippen MR) is 84.7 cm³/mol. The Balaban J connectivity index is 2.17. The molecule has 21 heavy (non-hydrogen) atoms. The molecule has 0 amide bonds. The van der Waals surface area contributed by atoms with Gasteiger partial charge in [-0.2, -0.15) is 0 Å². The summed E-state index contributed by atoms with van der Waals surface area (Å²) in [4.78, 5) is 0. The van der Waals surface area contributed by atoms with Crippen LogP contribution in [0.5, 0.6) is 17.2 Å². The fourth-order valence-corrected chi connectivity index (χ4v) is 2.23. The van der Waals surface area contributed by atoms with Gasteiger partial charge in [0.25, 0.3) is 0 Å². The second-order valence-electron chi connectivity index (χ2n) is 4.66. The molecule has 0 aliphatic heterocycles. The molecule has 2 N–H and O–H groups in total. The third-order valence-corrected chi connectivity index (χ3v) is 3.53. The molecule has 0 saturated carbocycles. The van der Waals surface area contributed by atoms with Gasteiger partial charge in [-0.25, -0.2) is 0 Å². The Morgan fingerprint density at radius 3 is 2.38 bits per heavy atom. The Morgan fingerprint density at radius 1 is 1.10 bits per heavy atom. The van der Waals surface area contributed by atoms with Crippen molar-refractivity contribution in [3.8, 4) is 17.2 Å². The van der Waals surface area contributed by atoms with E-state index in [0.29, 0.717) is 23.1 Å². The molecule has 2 aromatic carbocycles. The topological polar surface area (TPSA) is 50.7 Å².